The SMILES string of the molecule is CC(C)C1=CC(=O)NC1=O.NN. The van der Waals surface area contributed by atoms with Gasteiger partial charge in [-0.05, 0) is 5.92 Å². The van der Waals surface area contributed by atoms with Crippen LogP contribution in [-0.4, -0.2) is 11.8 Å². The summed E-state index contributed by atoms with van der Waals surface area (Å²) in [5, 5.41) is 2.18. The molecule has 1 aliphatic heterocycles. The molecule has 1 aliphatic rings. The first-order chi connectivity index (χ1) is 5.61. The Morgan fingerprint density at radius 1 is 1.33 bits per heavy atom. The van der Waals surface area contributed by atoms with Crippen LogP contribution in [0.5, 0.6) is 0 Å². The number of hydrazine groups is 1. The monoisotopic (exact) mass is 171 g/mol. The lowest BCUT2D eigenvalue weighted by Gasteiger charge is -2.00. The zero-order valence-electron chi connectivity index (χ0n) is 7.13. The van der Waals surface area contributed by atoms with Crippen LogP contribution < -0.4 is 17.0 Å². The minimum atomic E-state index is -0.297. The molecule has 0 fully saturated rings. The van der Waals surface area contributed by atoms with E-state index in [-0.39, 0.29) is 17.7 Å². The van der Waals surface area contributed by atoms with Crippen molar-refractivity contribution >= 4 is 11.8 Å². The van der Waals surface area contributed by atoms with Crippen LogP contribution >= 0.6 is 0 Å². The van der Waals surface area contributed by atoms with Crippen LogP contribution in [0, 0.1) is 5.92 Å². The molecule has 0 radical (unpaired) electrons. The first kappa shape index (κ1) is 10.8. The molecule has 0 saturated carbocycles. The van der Waals surface area contributed by atoms with Gasteiger partial charge in [-0.3, -0.25) is 26.6 Å². The molecule has 0 saturated heterocycles. The van der Waals surface area contributed by atoms with Gasteiger partial charge >= 0.3 is 0 Å². The standard InChI is InChI=1S/C7H9NO2.H4N2/c1-4(2)5-3-6(9)8-7(5)10;1-2/h3-4H,1-2H3,(H,8,9,10);1-2H2. The highest BCUT2D eigenvalue weighted by Gasteiger charge is 2.22. The quantitative estimate of drug-likeness (QED) is 0.269. The van der Waals surface area contributed by atoms with Gasteiger partial charge in [-0.25, -0.2) is 0 Å². The van der Waals surface area contributed by atoms with Gasteiger partial charge in [-0.15, -0.1) is 0 Å². The van der Waals surface area contributed by atoms with Crippen molar-refractivity contribution in [3.8, 4) is 0 Å². The summed E-state index contributed by atoms with van der Waals surface area (Å²) < 4.78 is 0. The Balaban J connectivity index is 0.000000561. The lowest BCUT2D eigenvalue weighted by Crippen LogP contribution is -2.23. The Hall–Kier alpha value is -1.20. The number of rotatable bonds is 1. The fourth-order valence-electron chi connectivity index (χ4n) is 0.856. The highest BCUT2D eigenvalue weighted by atomic mass is 16.2. The van der Waals surface area contributed by atoms with Gasteiger partial charge in [-0.1, -0.05) is 13.8 Å². The van der Waals surface area contributed by atoms with Crippen LogP contribution in [0.1, 0.15) is 13.8 Å². The molecule has 0 aromatic rings. The minimum absolute atomic E-state index is 0.131. The van der Waals surface area contributed by atoms with E-state index in [9.17, 15) is 9.59 Å². The van der Waals surface area contributed by atoms with Gasteiger partial charge in [0.25, 0.3) is 11.8 Å². The smallest absolute Gasteiger partial charge is 0.254 e. The number of carbonyl (C=O) groups is 2. The van der Waals surface area contributed by atoms with E-state index in [1.54, 1.807) is 0 Å². The van der Waals surface area contributed by atoms with Crippen LogP contribution in [0.2, 0.25) is 0 Å². The molecular weight excluding hydrogens is 158 g/mol. The van der Waals surface area contributed by atoms with Crippen molar-refractivity contribution in [1.29, 1.82) is 0 Å². The predicted octanol–water partition coefficient (Wildman–Crippen LogP) is -0.956. The zero-order valence-corrected chi connectivity index (χ0v) is 7.13. The van der Waals surface area contributed by atoms with E-state index < -0.39 is 0 Å². The molecular formula is C7H13N3O2. The molecule has 5 nitrogen and oxygen atoms in total. The van der Waals surface area contributed by atoms with Crippen molar-refractivity contribution < 1.29 is 9.59 Å². The third-order valence-electron chi connectivity index (χ3n) is 1.41. The first-order valence-corrected chi connectivity index (χ1v) is 3.51. The molecule has 12 heavy (non-hydrogen) atoms. The third-order valence-corrected chi connectivity index (χ3v) is 1.41. The minimum Gasteiger partial charge on any atom is -0.289 e. The van der Waals surface area contributed by atoms with Crippen LogP contribution in [0.4, 0.5) is 0 Å². The van der Waals surface area contributed by atoms with Crippen LogP contribution in [0.3, 0.4) is 0 Å². The van der Waals surface area contributed by atoms with Crippen molar-refractivity contribution in [3.63, 3.8) is 0 Å². The Kier molecular flexibility index (Phi) is 4.17. The van der Waals surface area contributed by atoms with Gasteiger partial charge in [0, 0.05) is 11.6 Å². The molecule has 0 spiro atoms. The van der Waals surface area contributed by atoms with E-state index in [1.165, 1.54) is 6.08 Å². The van der Waals surface area contributed by atoms with E-state index in [0.29, 0.717) is 5.57 Å². The predicted molar refractivity (Wildman–Crippen MR) is 44.4 cm³/mol. The number of imide groups is 1. The molecule has 2 amide bonds. The molecule has 0 atom stereocenters. The van der Waals surface area contributed by atoms with Crippen molar-refractivity contribution in [3.05, 3.63) is 11.6 Å². The molecule has 0 aromatic carbocycles. The summed E-state index contributed by atoms with van der Waals surface area (Å²) in [5.41, 5.74) is 0.574. The second kappa shape index (κ2) is 4.63. The maximum atomic E-state index is 10.8. The van der Waals surface area contributed by atoms with Crippen LogP contribution in [0.25, 0.3) is 0 Å². The largest absolute Gasteiger partial charge is 0.289 e. The summed E-state index contributed by atoms with van der Waals surface area (Å²) in [6.45, 7) is 3.76. The van der Waals surface area contributed by atoms with Gasteiger partial charge in [-0.2, -0.15) is 0 Å². The lowest BCUT2D eigenvalue weighted by atomic mass is 10.0. The number of hydrogen-bond acceptors (Lipinski definition) is 4. The lowest BCUT2D eigenvalue weighted by molar-refractivity contribution is -0.124. The van der Waals surface area contributed by atoms with Crippen molar-refractivity contribution in [2.24, 2.45) is 17.6 Å². The Morgan fingerprint density at radius 3 is 2.00 bits per heavy atom. The molecule has 1 heterocycles. The fourth-order valence-corrected chi connectivity index (χ4v) is 0.856. The zero-order chi connectivity index (χ0) is 9.72. The van der Waals surface area contributed by atoms with E-state index in [0.717, 1.165) is 0 Å². The van der Waals surface area contributed by atoms with Crippen LogP contribution in [-0.2, 0) is 9.59 Å². The summed E-state index contributed by atoms with van der Waals surface area (Å²) >= 11 is 0. The average molecular weight is 171 g/mol. The molecule has 5 heteroatoms. The molecule has 0 unspecified atom stereocenters. The van der Waals surface area contributed by atoms with Gasteiger partial charge in [0.05, 0.1) is 0 Å². The number of carbonyl (C=O) groups excluding carboxylic acids is 2. The molecule has 0 bridgehead atoms. The Labute approximate surface area is 70.8 Å². The number of nitrogens with two attached hydrogens (primary N) is 2. The Bertz CT molecular complexity index is 221. The summed E-state index contributed by atoms with van der Waals surface area (Å²) in [4.78, 5) is 21.4. The highest BCUT2D eigenvalue weighted by molar-refractivity contribution is 6.16. The summed E-state index contributed by atoms with van der Waals surface area (Å²) in [6.07, 6.45) is 1.35. The summed E-state index contributed by atoms with van der Waals surface area (Å²) in [7, 11) is 0. The van der Waals surface area contributed by atoms with Gasteiger partial charge < -0.3 is 0 Å². The number of amides is 2. The second-order valence-electron chi connectivity index (χ2n) is 2.57. The van der Waals surface area contributed by atoms with Gasteiger partial charge in [0.15, 0.2) is 0 Å². The normalized spacial score (nSPS) is 15.2. The molecule has 68 valence electrons. The third kappa shape index (κ3) is 2.44. The van der Waals surface area contributed by atoms with E-state index >= 15 is 0 Å². The number of nitrogens with one attached hydrogen (secondary N) is 1. The molecule has 5 N–H and O–H groups in total. The second-order valence-corrected chi connectivity index (χ2v) is 2.57. The van der Waals surface area contributed by atoms with E-state index in [4.69, 9.17) is 0 Å². The molecule has 0 aliphatic carbocycles. The van der Waals surface area contributed by atoms with Crippen molar-refractivity contribution in [2.75, 3.05) is 0 Å². The maximum absolute atomic E-state index is 10.8. The van der Waals surface area contributed by atoms with E-state index in [1.807, 2.05) is 13.8 Å². The highest BCUT2D eigenvalue weighted by Crippen LogP contribution is 2.12. The average Bonchev–Trinajstić information content (AvgIpc) is 2.34. The van der Waals surface area contributed by atoms with Gasteiger partial charge in [0.1, 0.15) is 0 Å². The summed E-state index contributed by atoms with van der Waals surface area (Å²) in [6, 6.07) is 0. The van der Waals surface area contributed by atoms with E-state index in [2.05, 4.69) is 17.0 Å². The molecule has 0 aromatic heterocycles. The van der Waals surface area contributed by atoms with Crippen molar-refractivity contribution in [2.45, 2.75) is 13.8 Å². The van der Waals surface area contributed by atoms with Crippen LogP contribution in [0.15, 0.2) is 11.6 Å². The van der Waals surface area contributed by atoms with Gasteiger partial charge in [0.2, 0.25) is 0 Å². The maximum Gasteiger partial charge on any atom is 0.254 e. The fraction of sp³-hybridized carbons (Fsp3) is 0.429. The number of hydrogen-bond donors (Lipinski definition) is 3. The summed E-state index contributed by atoms with van der Waals surface area (Å²) in [5.74, 6) is 7.58. The van der Waals surface area contributed by atoms with Crippen molar-refractivity contribution in [1.82, 2.24) is 5.32 Å². The topological polar surface area (TPSA) is 98.2 Å². The molecule has 1 rings (SSSR count). The first-order valence-electron chi connectivity index (χ1n) is 3.51. The Morgan fingerprint density at radius 2 is 1.83 bits per heavy atom.